The molecule has 0 spiro atoms. The van der Waals surface area contributed by atoms with Crippen molar-refractivity contribution in [1.82, 2.24) is 24.3 Å². The lowest BCUT2D eigenvalue weighted by Gasteiger charge is -2.07. The molecule has 0 aliphatic carbocycles. The molecule has 0 bridgehead atoms. The molecule has 5 nitrogen and oxygen atoms in total. The van der Waals surface area contributed by atoms with Gasteiger partial charge >= 0.3 is 0 Å². The Morgan fingerprint density at radius 2 is 2.15 bits per heavy atom. The van der Waals surface area contributed by atoms with E-state index in [1.54, 1.807) is 6.20 Å². The zero-order valence-corrected chi connectivity index (χ0v) is 13.3. The Bertz CT molecular complexity index is 748. The molecule has 0 radical (unpaired) electrons. The van der Waals surface area contributed by atoms with E-state index in [-0.39, 0.29) is 0 Å². The van der Waals surface area contributed by atoms with Crippen LogP contribution in [0.15, 0.2) is 29.1 Å². The van der Waals surface area contributed by atoms with Crippen LogP contribution in [0.5, 0.6) is 0 Å². The third-order valence-electron chi connectivity index (χ3n) is 3.07. The van der Waals surface area contributed by atoms with Crippen molar-refractivity contribution in [2.24, 2.45) is 0 Å². The second kappa shape index (κ2) is 5.54. The van der Waals surface area contributed by atoms with Crippen LogP contribution in [0.25, 0.3) is 11.2 Å². The first-order valence-corrected chi connectivity index (χ1v) is 7.56. The molecule has 7 heteroatoms. The van der Waals surface area contributed by atoms with Gasteiger partial charge in [-0.2, -0.15) is 5.10 Å². The van der Waals surface area contributed by atoms with Crippen molar-refractivity contribution >= 4 is 38.7 Å². The molecule has 0 unspecified atom stereocenters. The van der Waals surface area contributed by atoms with Crippen LogP contribution >= 0.6 is 27.5 Å². The number of hydrogen-bond donors (Lipinski definition) is 0. The molecule has 0 N–H and O–H groups in total. The number of aryl methyl sites for hydroxylation is 3. The Balaban J connectivity index is 1.93. The van der Waals surface area contributed by atoms with E-state index < -0.39 is 0 Å². The topological polar surface area (TPSA) is 48.5 Å². The molecule has 20 heavy (non-hydrogen) atoms. The fourth-order valence-electron chi connectivity index (χ4n) is 2.16. The van der Waals surface area contributed by atoms with E-state index in [9.17, 15) is 0 Å². The van der Waals surface area contributed by atoms with Gasteiger partial charge in [-0.05, 0) is 34.5 Å². The molecule has 0 saturated heterocycles. The fourth-order valence-corrected chi connectivity index (χ4v) is 2.69. The van der Waals surface area contributed by atoms with Crippen LogP contribution in [0, 0.1) is 6.92 Å². The van der Waals surface area contributed by atoms with Gasteiger partial charge in [-0.3, -0.25) is 4.68 Å². The highest BCUT2D eigenvalue weighted by molar-refractivity contribution is 9.10. The predicted octanol–water partition coefficient (Wildman–Crippen LogP) is 3.14. The molecule has 0 amide bonds. The highest BCUT2D eigenvalue weighted by Gasteiger charge is 2.11. The monoisotopic (exact) mass is 353 g/mol. The number of alkyl halides is 1. The Kier molecular flexibility index (Phi) is 3.76. The fraction of sp³-hybridized carbons (Fsp3) is 0.308. The molecule has 3 aromatic rings. The van der Waals surface area contributed by atoms with Gasteiger partial charge in [0.2, 0.25) is 0 Å². The molecule has 104 valence electrons. The minimum Gasteiger partial charge on any atom is -0.310 e. The lowest BCUT2D eigenvalue weighted by atomic mass is 10.4. The SMILES string of the molecule is Cc1cnn(CCn2c(CCl)nc3cc(Br)cnc32)c1. The van der Waals surface area contributed by atoms with Crippen LogP contribution < -0.4 is 0 Å². The minimum absolute atomic E-state index is 0.367. The zero-order valence-electron chi connectivity index (χ0n) is 10.9. The van der Waals surface area contributed by atoms with Crippen LogP contribution in [-0.2, 0) is 19.0 Å². The minimum atomic E-state index is 0.367. The van der Waals surface area contributed by atoms with Crippen molar-refractivity contribution in [3.05, 3.63) is 40.5 Å². The van der Waals surface area contributed by atoms with E-state index in [1.807, 2.05) is 34.6 Å². The average Bonchev–Trinajstić information content (AvgIpc) is 2.99. The largest absolute Gasteiger partial charge is 0.310 e. The van der Waals surface area contributed by atoms with E-state index in [2.05, 4.69) is 31.0 Å². The van der Waals surface area contributed by atoms with Crippen LogP contribution in [0.2, 0.25) is 0 Å². The van der Waals surface area contributed by atoms with Crippen molar-refractivity contribution < 1.29 is 0 Å². The van der Waals surface area contributed by atoms with Crippen LogP contribution in [0.1, 0.15) is 11.4 Å². The molecule has 0 aliphatic rings. The second-order valence-electron chi connectivity index (χ2n) is 4.59. The van der Waals surface area contributed by atoms with Gasteiger partial charge in [0, 0.05) is 23.4 Å². The van der Waals surface area contributed by atoms with Crippen LogP contribution in [0.3, 0.4) is 0 Å². The number of nitrogens with zero attached hydrogens (tertiary/aromatic N) is 5. The maximum Gasteiger partial charge on any atom is 0.160 e. The summed E-state index contributed by atoms with van der Waals surface area (Å²) in [7, 11) is 0. The van der Waals surface area contributed by atoms with Crippen molar-refractivity contribution in [3.63, 3.8) is 0 Å². The number of rotatable bonds is 4. The molecule has 0 aromatic carbocycles. The lowest BCUT2D eigenvalue weighted by molar-refractivity contribution is 0.531. The lowest BCUT2D eigenvalue weighted by Crippen LogP contribution is -2.10. The van der Waals surface area contributed by atoms with Gasteiger partial charge < -0.3 is 4.57 Å². The summed E-state index contributed by atoms with van der Waals surface area (Å²) in [5.41, 5.74) is 2.86. The van der Waals surface area contributed by atoms with Crippen LogP contribution in [0.4, 0.5) is 0 Å². The third kappa shape index (κ3) is 2.58. The highest BCUT2D eigenvalue weighted by atomic mass is 79.9. The van der Waals surface area contributed by atoms with E-state index in [4.69, 9.17) is 11.6 Å². The number of hydrogen-bond acceptors (Lipinski definition) is 3. The van der Waals surface area contributed by atoms with E-state index in [0.717, 1.165) is 40.1 Å². The van der Waals surface area contributed by atoms with E-state index >= 15 is 0 Å². The molecule has 3 heterocycles. The van der Waals surface area contributed by atoms with Gasteiger partial charge in [-0.15, -0.1) is 11.6 Å². The average molecular weight is 355 g/mol. The molecule has 3 aromatic heterocycles. The Morgan fingerprint density at radius 3 is 2.85 bits per heavy atom. The number of fused-ring (bicyclic) bond motifs is 1. The van der Waals surface area contributed by atoms with Crippen LogP contribution in [-0.4, -0.2) is 24.3 Å². The Morgan fingerprint density at radius 1 is 1.30 bits per heavy atom. The quantitative estimate of drug-likeness (QED) is 0.676. The van der Waals surface area contributed by atoms with Gasteiger partial charge in [0.1, 0.15) is 11.3 Å². The summed E-state index contributed by atoms with van der Waals surface area (Å²) in [4.78, 5) is 8.95. The summed E-state index contributed by atoms with van der Waals surface area (Å²) in [6.07, 6.45) is 5.64. The molecule has 0 fully saturated rings. The first kappa shape index (κ1) is 13.6. The zero-order chi connectivity index (χ0) is 14.1. The van der Waals surface area contributed by atoms with Crippen molar-refractivity contribution in [2.75, 3.05) is 0 Å². The summed E-state index contributed by atoms with van der Waals surface area (Å²) in [5, 5.41) is 4.29. The van der Waals surface area contributed by atoms with Crippen molar-refractivity contribution in [2.45, 2.75) is 25.9 Å². The second-order valence-corrected chi connectivity index (χ2v) is 5.77. The molecule has 0 aliphatic heterocycles. The maximum absolute atomic E-state index is 5.98. The van der Waals surface area contributed by atoms with Gasteiger partial charge in [0.25, 0.3) is 0 Å². The highest BCUT2D eigenvalue weighted by Crippen LogP contribution is 2.19. The maximum atomic E-state index is 5.98. The number of aromatic nitrogens is 5. The Hall–Kier alpha value is -1.40. The van der Waals surface area contributed by atoms with Gasteiger partial charge in [-0.1, -0.05) is 0 Å². The summed E-state index contributed by atoms with van der Waals surface area (Å²) in [5.74, 6) is 1.20. The predicted molar refractivity (Wildman–Crippen MR) is 81.7 cm³/mol. The van der Waals surface area contributed by atoms with Gasteiger partial charge in [0.15, 0.2) is 5.65 Å². The molecule has 0 saturated carbocycles. The van der Waals surface area contributed by atoms with E-state index in [1.165, 1.54) is 0 Å². The molecular weight excluding hydrogens is 342 g/mol. The number of pyridine rings is 1. The molecular formula is C13H13BrClN5. The Labute approximate surface area is 129 Å². The molecule has 3 rings (SSSR count). The standard InChI is InChI=1S/C13H13BrClN5/c1-9-6-17-19(8-9)2-3-20-12(5-15)18-11-4-10(14)7-16-13(11)20/h4,6-8H,2-3,5H2,1H3. The summed E-state index contributed by atoms with van der Waals surface area (Å²) in [6, 6.07) is 1.95. The van der Waals surface area contributed by atoms with Crippen molar-refractivity contribution in [3.8, 4) is 0 Å². The van der Waals surface area contributed by atoms with Gasteiger partial charge in [-0.25, -0.2) is 9.97 Å². The smallest absolute Gasteiger partial charge is 0.160 e. The summed E-state index contributed by atoms with van der Waals surface area (Å²) >= 11 is 9.39. The first-order chi connectivity index (χ1) is 9.67. The first-order valence-electron chi connectivity index (χ1n) is 6.23. The summed E-state index contributed by atoms with van der Waals surface area (Å²) in [6.45, 7) is 3.54. The summed E-state index contributed by atoms with van der Waals surface area (Å²) < 4.78 is 4.88. The number of imidazole rings is 1. The number of halogens is 2. The third-order valence-corrected chi connectivity index (χ3v) is 3.74. The van der Waals surface area contributed by atoms with E-state index in [0.29, 0.717) is 5.88 Å². The molecule has 0 atom stereocenters. The van der Waals surface area contributed by atoms with Crippen molar-refractivity contribution in [1.29, 1.82) is 0 Å². The van der Waals surface area contributed by atoms with Gasteiger partial charge in [0.05, 0.1) is 18.6 Å². The normalized spacial score (nSPS) is 11.3.